The molecule has 2 saturated heterocycles. The summed E-state index contributed by atoms with van der Waals surface area (Å²) in [5, 5.41) is 5.74. The number of rotatable bonds is 6. The Hall–Kier alpha value is -2.19. The lowest BCUT2D eigenvalue weighted by Gasteiger charge is -2.40. The average molecular weight is 390 g/mol. The topological polar surface area (TPSA) is 86.8 Å². The fourth-order valence-corrected chi connectivity index (χ4v) is 3.87. The van der Waals surface area contributed by atoms with Gasteiger partial charge in [-0.2, -0.15) is 0 Å². The van der Waals surface area contributed by atoms with Crippen molar-refractivity contribution in [1.29, 1.82) is 0 Å². The van der Waals surface area contributed by atoms with Crippen LogP contribution in [0.5, 0.6) is 0 Å². The number of amides is 2. The second-order valence-corrected chi connectivity index (χ2v) is 7.32. The third-order valence-electron chi connectivity index (χ3n) is 5.62. The number of morpholine rings is 1. The highest BCUT2D eigenvalue weighted by atomic mass is 16.5. The van der Waals surface area contributed by atoms with Crippen molar-refractivity contribution in [2.24, 2.45) is 0 Å². The first-order valence-corrected chi connectivity index (χ1v) is 10.2. The zero-order valence-corrected chi connectivity index (χ0v) is 16.8. The molecular formula is C20H31N5O3. The van der Waals surface area contributed by atoms with Gasteiger partial charge >= 0.3 is 0 Å². The number of hydrogen-bond acceptors (Lipinski definition) is 6. The molecule has 8 heteroatoms. The van der Waals surface area contributed by atoms with Gasteiger partial charge in [-0.1, -0.05) is 6.92 Å². The third kappa shape index (κ3) is 4.99. The van der Waals surface area contributed by atoms with Crippen LogP contribution in [0, 0.1) is 0 Å². The molecule has 2 fully saturated rings. The lowest BCUT2D eigenvalue weighted by Crippen LogP contribution is -2.50. The second kappa shape index (κ2) is 9.84. The molecule has 0 saturated carbocycles. The minimum absolute atomic E-state index is 0.0258. The number of aromatic nitrogens is 1. The van der Waals surface area contributed by atoms with Gasteiger partial charge in [-0.3, -0.25) is 14.5 Å². The smallest absolute Gasteiger partial charge is 0.255 e. The minimum atomic E-state index is -0.335. The molecule has 2 N–H and O–H groups in total. The molecule has 0 bridgehead atoms. The Morgan fingerprint density at radius 2 is 1.93 bits per heavy atom. The van der Waals surface area contributed by atoms with E-state index < -0.39 is 0 Å². The van der Waals surface area contributed by atoms with Gasteiger partial charge in [0.05, 0.1) is 18.8 Å². The molecule has 8 nitrogen and oxygen atoms in total. The van der Waals surface area contributed by atoms with Crippen LogP contribution in [0.15, 0.2) is 18.3 Å². The number of anilines is 1. The highest BCUT2D eigenvalue weighted by Crippen LogP contribution is 2.20. The summed E-state index contributed by atoms with van der Waals surface area (Å²) in [7, 11) is 1.62. The third-order valence-corrected chi connectivity index (χ3v) is 5.62. The van der Waals surface area contributed by atoms with Crippen LogP contribution >= 0.6 is 0 Å². The van der Waals surface area contributed by atoms with Gasteiger partial charge in [0.15, 0.2) is 0 Å². The standard InChI is InChI=1S/C20H31N5O3/c1-3-17(19(26)21-2)23-18-5-4-15(14-22-18)20(27)25-8-6-16(7-9-25)24-10-12-28-13-11-24/h4-5,14,16-17H,3,6-13H2,1-2H3,(H,21,26)(H,22,23). The van der Waals surface area contributed by atoms with Gasteiger partial charge in [0.2, 0.25) is 5.91 Å². The molecule has 3 rings (SSSR count). The summed E-state index contributed by atoms with van der Waals surface area (Å²) in [6, 6.07) is 3.76. The first kappa shape index (κ1) is 20.5. The second-order valence-electron chi connectivity index (χ2n) is 7.32. The highest BCUT2D eigenvalue weighted by molar-refractivity contribution is 5.94. The SMILES string of the molecule is CCC(Nc1ccc(C(=O)N2CCC(N3CCOCC3)CC2)cn1)C(=O)NC. The van der Waals surface area contributed by atoms with Crippen molar-refractivity contribution < 1.29 is 14.3 Å². The zero-order valence-electron chi connectivity index (χ0n) is 16.8. The first-order chi connectivity index (χ1) is 13.6. The lowest BCUT2D eigenvalue weighted by atomic mass is 10.0. The van der Waals surface area contributed by atoms with E-state index in [0.717, 1.165) is 52.2 Å². The molecule has 2 aliphatic heterocycles. The van der Waals surface area contributed by atoms with Crippen molar-refractivity contribution in [3.8, 4) is 0 Å². The van der Waals surface area contributed by atoms with E-state index in [-0.39, 0.29) is 17.9 Å². The Morgan fingerprint density at radius 1 is 1.21 bits per heavy atom. The monoisotopic (exact) mass is 389 g/mol. The number of ether oxygens (including phenoxy) is 1. The Kier molecular flexibility index (Phi) is 7.22. The summed E-state index contributed by atoms with van der Waals surface area (Å²) >= 11 is 0. The molecule has 3 heterocycles. The van der Waals surface area contributed by atoms with Crippen LogP contribution in [-0.4, -0.2) is 85.1 Å². The molecule has 0 aromatic carbocycles. The summed E-state index contributed by atoms with van der Waals surface area (Å²) in [6.07, 6.45) is 4.25. The number of piperidine rings is 1. The number of likely N-dealkylation sites (tertiary alicyclic amines) is 1. The number of nitrogens with one attached hydrogen (secondary N) is 2. The van der Waals surface area contributed by atoms with Crippen molar-refractivity contribution in [3.63, 3.8) is 0 Å². The van der Waals surface area contributed by atoms with Crippen molar-refractivity contribution in [3.05, 3.63) is 23.9 Å². The molecule has 1 unspecified atom stereocenters. The van der Waals surface area contributed by atoms with Gasteiger partial charge in [-0.05, 0) is 31.4 Å². The van der Waals surface area contributed by atoms with Gasteiger partial charge < -0.3 is 20.3 Å². The van der Waals surface area contributed by atoms with Crippen LogP contribution < -0.4 is 10.6 Å². The number of hydrogen-bond donors (Lipinski definition) is 2. The highest BCUT2D eigenvalue weighted by Gasteiger charge is 2.28. The van der Waals surface area contributed by atoms with Gasteiger partial charge in [-0.25, -0.2) is 4.98 Å². The molecule has 154 valence electrons. The summed E-state index contributed by atoms with van der Waals surface area (Å²) in [6.45, 7) is 7.09. The van der Waals surface area contributed by atoms with Gasteiger partial charge in [0, 0.05) is 45.5 Å². The largest absolute Gasteiger partial charge is 0.379 e. The van der Waals surface area contributed by atoms with Crippen LogP contribution in [0.3, 0.4) is 0 Å². The van der Waals surface area contributed by atoms with Crippen molar-refractivity contribution in [2.75, 3.05) is 51.8 Å². The molecule has 0 aliphatic carbocycles. The van der Waals surface area contributed by atoms with Crippen molar-refractivity contribution in [2.45, 2.75) is 38.3 Å². The van der Waals surface area contributed by atoms with Crippen LogP contribution in [0.25, 0.3) is 0 Å². The van der Waals surface area contributed by atoms with E-state index in [1.165, 1.54) is 0 Å². The number of likely N-dealkylation sites (N-methyl/N-ethyl adjacent to an activating group) is 1. The fraction of sp³-hybridized carbons (Fsp3) is 0.650. The van der Waals surface area contributed by atoms with E-state index in [2.05, 4.69) is 20.5 Å². The van der Waals surface area contributed by atoms with E-state index in [4.69, 9.17) is 4.74 Å². The summed E-state index contributed by atoms with van der Waals surface area (Å²) < 4.78 is 5.43. The first-order valence-electron chi connectivity index (χ1n) is 10.2. The summed E-state index contributed by atoms with van der Waals surface area (Å²) in [5.41, 5.74) is 0.586. The van der Waals surface area contributed by atoms with Crippen LogP contribution in [-0.2, 0) is 9.53 Å². The quantitative estimate of drug-likeness (QED) is 0.754. The van der Waals surface area contributed by atoms with Gasteiger partial charge in [0.1, 0.15) is 11.9 Å². The summed E-state index contributed by atoms with van der Waals surface area (Å²) in [4.78, 5) is 33.3. The molecule has 0 radical (unpaired) electrons. The zero-order chi connectivity index (χ0) is 19.9. The Morgan fingerprint density at radius 3 is 2.50 bits per heavy atom. The lowest BCUT2D eigenvalue weighted by molar-refractivity contribution is -0.121. The van der Waals surface area contributed by atoms with Gasteiger partial charge in [-0.15, -0.1) is 0 Å². The normalized spacial score (nSPS) is 19.9. The van der Waals surface area contributed by atoms with Gasteiger partial charge in [0.25, 0.3) is 5.91 Å². The Labute approximate surface area is 166 Å². The van der Waals surface area contributed by atoms with E-state index in [1.54, 1.807) is 25.4 Å². The predicted octanol–water partition coefficient (Wildman–Crippen LogP) is 0.955. The van der Waals surface area contributed by atoms with Crippen molar-refractivity contribution >= 4 is 17.6 Å². The molecule has 1 atom stereocenters. The average Bonchev–Trinajstić information content (AvgIpc) is 2.77. The van der Waals surface area contributed by atoms with E-state index >= 15 is 0 Å². The van der Waals surface area contributed by atoms with E-state index in [9.17, 15) is 9.59 Å². The molecule has 2 aliphatic rings. The van der Waals surface area contributed by atoms with E-state index in [0.29, 0.717) is 23.8 Å². The van der Waals surface area contributed by atoms with Crippen LogP contribution in [0.4, 0.5) is 5.82 Å². The minimum Gasteiger partial charge on any atom is -0.379 e. The molecule has 0 spiro atoms. The summed E-state index contributed by atoms with van der Waals surface area (Å²) in [5.74, 6) is 0.545. The number of pyridine rings is 1. The predicted molar refractivity (Wildman–Crippen MR) is 107 cm³/mol. The fourth-order valence-electron chi connectivity index (χ4n) is 3.87. The van der Waals surface area contributed by atoms with Crippen LogP contribution in [0.1, 0.15) is 36.5 Å². The van der Waals surface area contributed by atoms with E-state index in [1.807, 2.05) is 11.8 Å². The van der Waals surface area contributed by atoms with Crippen molar-refractivity contribution in [1.82, 2.24) is 20.1 Å². The molecule has 1 aromatic rings. The number of nitrogens with zero attached hydrogens (tertiary/aromatic N) is 3. The maximum Gasteiger partial charge on any atom is 0.255 e. The number of carbonyl (C=O) groups excluding carboxylic acids is 2. The molecular weight excluding hydrogens is 358 g/mol. The Bertz CT molecular complexity index is 652. The number of carbonyl (C=O) groups is 2. The maximum atomic E-state index is 12.8. The molecule has 28 heavy (non-hydrogen) atoms. The van der Waals surface area contributed by atoms with Crippen LogP contribution in [0.2, 0.25) is 0 Å². The molecule has 1 aromatic heterocycles. The Balaban J connectivity index is 1.52. The molecule has 2 amide bonds. The maximum absolute atomic E-state index is 12.8.